The predicted molar refractivity (Wildman–Crippen MR) is 78.8 cm³/mol. The van der Waals surface area contributed by atoms with Gasteiger partial charge in [-0.2, -0.15) is 0 Å². The Labute approximate surface area is 125 Å². The van der Waals surface area contributed by atoms with Crippen molar-refractivity contribution < 1.29 is 17.9 Å². The molecule has 0 radical (unpaired) electrons. The SMILES string of the molecule is CCOC(=O)c1c(C)[nH]c(C)c1S(=O)(=O)NC1CCCC1. The average Bonchev–Trinajstić information content (AvgIpc) is 2.96. The van der Waals surface area contributed by atoms with E-state index in [0.717, 1.165) is 25.7 Å². The van der Waals surface area contributed by atoms with Gasteiger partial charge in [-0.1, -0.05) is 12.8 Å². The molecule has 0 atom stereocenters. The second-order valence-corrected chi connectivity index (χ2v) is 7.05. The van der Waals surface area contributed by atoms with Crippen LogP contribution in [0.2, 0.25) is 0 Å². The van der Waals surface area contributed by atoms with Crippen LogP contribution in [-0.2, 0) is 14.8 Å². The number of ether oxygens (including phenoxy) is 1. The molecule has 2 N–H and O–H groups in total. The van der Waals surface area contributed by atoms with Crippen molar-refractivity contribution in [3.05, 3.63) is 17.0 Å². The highest BCUT2D eigenvalue weighted by molar-refractivity contribution is 7.89. The minimum atomic E-state index is -3.73. The first-order valence-corrected chi connectivity index (χ1v) is 8.73. The normalized spacial score (nSPS) is 16.3. The highest BCUT2D eigenvalue weighted by atomic mass is 32.2. The first-order chi connectivity index (χ1) is 9.86. The van der Waals surface area contributed by atoms with Crippen molar-refractivity contribution in [2.24, 2.45) is 0 Å². The quantitative estimate of drug-likeness (QED) is 0.814. The molecule has 0 saturated heterocycles. The van der Waals surface area contributed by atoms with E-state index in [0.29, 0.717) is 11.4 Å². The monoisotopic (exact) mass is 314 g/mol. The van der Waals surface area contributed by atoms with Crippen molar-refractivity contribution in [3.8, 4) is 0 Å². The Balaban J connectivity index is 2.39. The van der Waals surface area contributed by atoms with E-state index in [1.807, 2.05) is 0 Å². The number of carbonyl (C=O) groups is 1. The topological polar surface area (TPSA) is 88.3 Å². The molecule has 2 rings (SSSR count). The number of nitrogens with one attached hydrogen (secondary N) is 2. The van der Waals surface area contributed by atoms with Gasteiger partial charge in [-0.15, -0.1) is 0 Å². The molecule has 0 aromatic carbocycles. The van der Waals surface area contributed by atoms with Crippen LogP contribution < -0.4 is 4.72 Å². The van der Waals surface area contributed by atoms with Crippen LogP contribution in [0.25, 0.3) is 0 Å². The largest absolute Gasteiger partial charge is 0.462 e. The van der Waals surface area contributed by atoms with Crippen molar-refractivity contribution in [2.45, 2.75) is 57.4 Å². The molecule has 1 aromatic rings. The molecule has 0 aliphatic heterocycles. The van der Waals surface area contributed by atoms with Gasteiger partial charge in [0, 0.05) is 17.4 Å². The lowest BCUT2D eigenvalue weighted by Gasteiger charge is -2.13. The third-order valence-electron chi connectivity index (χ3n) is 3.74. The summed E-state index contributed by atoms with van der Waals surface area (Å²) >= 11 is 0. The number of aromatic amines is 1. The molecular formula is C14H22N2O4S. The molecule has 1 aromatic heterocycles. The second-order valence-electron chi connectivity index (χ2n) is 5.40. The highest BCUT2D eigenvalue weighted by Crippen LogP contribution is 2.26. The highest BCUT2D eigenvalue weighted by Gasteiger charge is 2.32. The Morgan fingerprint density at radius 3 is 2.48 bits per heavy atom. The van der Waals surface area contributed by atoms with Crippen molar-refractivity contribution >= 4 is 16.0 Å². The number of sulfonamides is 1. The summed E-state index contributed by atoms with van der Waals surface area (Å²) in [5, 5.41) is 0. The van der Waals surface area contributed by atoms with Crippen molar-refractivity contribution in [1.82, 2.24) is 9.71 Å². The van der Waals surface area contributed by atoms with Crippen LogP contribution in [0.3, 0.4) is 0 Å². The van der Waals surface area contributed by atoms with Gasteiger partial charge >= 0.3 is 5.97 Å². The Morgan fingerprint density at radius 2 is 1.90 bits per heavy atom. The van der Waals surface area contributed by atoms with Crippen molar-refractivity contribution in [1.29, 1.82) is 0 Å². The molecule has 0 unspecified atom stereocenters. The molecule has 7 heteroatoms. The third kappa shape index (κ3) is 3.29. The van der Waals surface area contributed by atoms with Gasteiger partial charge in [0.05, 0.1) is 6.61 Å². The fourth-order valence-electron chi connectivity index (χ4n) is 2.87. The molecule has 1 saturated carbocycles. The Hall–Kier alpha value is -1.34. The van der Waals surface area contributed by atoms with Gasteiger partial charge in [-0.05, 0) is 33.6 Å². The molecule has 0 spiro atoms. The van der Waals surface area contributed by atoms with Crippen LogP contribution in [0.5, 0.6) is 0 Å². The van der Waals surface area contributed by atoms with Crippen LogP contribution >= 0.6 is 0 Å². The lowest BCUT2D eigenvalue weighted by atomic mass is 10.2. The maximum Gasteiger partial charge on any atom is 0.341 e. The summed E-state index contributed by atoms with van der Waals surface area (Å²) in [6.45, 7) is 5.22. The standard InChI is InChI=1S/C14H22N2O4S/c1-4-20-14(17)12-9(2)15-10(3)13(12)21(18,19)16-11-7-5-6-8-11/h11,15-16H,4-8H2,1-3H3. The van der Waals surface area contributed by atoms with Gasteiger partial charge < -0.3 is 9.72 Å². The van der Waals surface area contributed by atoms with E-state index >= 15 is 0 Å². The van der Waals surface area contributed by atoms with Crippen LogP contribution in [0.15, 0.2) is 4.90 Å². The maximum atomic E-state index is 12.6. The van der Waals surface area contributed by atoms with E-state index in [9.17, 15) is 13.2 Å². The number of hydrogen-bond donors (Lipinski definition) is 2. The summed E-state index contributed by atoms with van der Waals surface area (Å²) in [4.78, 5) is 15.0. The Kier molecular flexibility index (Phi) is 4.73. The average molecular weight is 314 g/mol. The molecule has 21 heavy (non-hydrogen) atoms. The maximum absolute atomic E-state index is 12.6. The van der Waals surface area contributed by atoms with E-state index in [1.54, 1.807) is 20.8 Å². The van der Waals surface area contributed by atoms with Crippen molar-refractivity contribution in [3.63, 3.8) is 0 Å². The number of aryl methyl sites for hydroxylation is 2. The fourth-order valence-corrected chi connectivity index (χ4v) is 4.62. The lowest BCUT2D eigenvalue weighted by molar-refractivity contribution is 0.0521. The summed E-state index contributed by atoms with van der Waals surface area (Å²) in [5.74, 6) is -0.605. The van der Waals surface area contributed by atoms with Gasteiger partial charge in [0.2, 0.25) is 10.0 Å². The Bertz CT molecular complexity index is 628. The second kappa shape index (κ2) is 6.19. The number of carbonyl (C=O) groups excluding carboxylic acids is 1. The zero-order chi connectivity index (χ0) is 15.6. The number of esters is 1. The number of hydrogen-bond acceptors (Lipinski definition) is 4. The third-order valence-corrected chi connectivity index (χ3v) is 5.43. The summed E-state index contributed by atoms with van der Waals surface area (Å²) in [5.41, 5.74) is 1.08. The summed E-state index contributed by atoms with van der Waals surface area (Å²) < 4.78 is 32.9. The molecule has 0 amide bonds. The van der Waals surface area contributed by atoms with Gasteiger partial charge in [-0.25, -0.2) is 17.9 Å². The van der Waals surface area contributed by atoms with Gasteiger partial charge in [0.15, 0.2) is 0 Å². The number of H-pyrrole nitrogens is 1. The molecular weight excluding hydrogens is 292 g/mol. The smallest absolute Gasteiger partial charge is 0.341 e. The lowest BCUT2D eigenvalue weighted by Crippen LogP contribution is -2.33. The van der Waals surface area contributed by atoms with E-state index in [4.69, 9.17) is 4.74 Å². The van der Waals surface area contributed by atoms with Crippen LogP contribution in [0.4, 0.5) is 0 Å². The van der Waals surface area contributed by atoms with E-state index in [-0.39, 0.29) is 23.1 Å². The predicted octanol–water partition coefficient (Wildman–Crippen LogP) is 2.03. The molecule has 1 aliphatic carbocycles. The van der Waals surface area contributed by atoms with Crippen LogP contribution in [0.1, 0.15) is 54.4 Å². The van der Waals surface area contributed by atoms with E-state index < -0.39 is 16.0 Å². The van der Waals surface area contributed by atoms with Crippen LogP contribution in [0, 0.1) is 13.8 Å². The first kappa shape index (κ1) is 16.0. The minimum absolute atomic E-state index is 0.0188. The summed E-state index contributed by atoms with van der Waals surface area (Å²) in [7, 11) is -3.73. The molecule has 0 bridgehead atoms. The minimum Gasteiger partial charge on any atom is -0.462 e. The number of rotatable bonds is 5. The van der Waals surface area contributed by atoms with Gasteiger partial charge in [0.25, 0.3) is 0 Å². The van der Waals surface area contributed by atoms with Crippen LogP contribution in [-0.4, -0.2) is 32.0 Å². The van der Waals surface area contributed by atoms with Gasteiger partial charge in [-0.3, -0.25) is 0 Å². The molecule has 118 valence electrons. The molecule has 6 nitrogen and oxygen atoms in total. The first-order valence-electron chi connectivity index (χ1n) is 7.25. The zero-order valence-corrected chi connectivity index (χ0v) is 13.5. The summed E-state index contributed by atoms with van der Waals surface area (Å²) in [6, 6.07) is -0.0420. The number of aromatic nitrogens is 1. The molecule has 1 heterocycles. The molecule has 1 aliphatic rings. The van der Waals surface area contributed by atoms with Gasteiger partial charge in [0.1, 0.15) is 10.5 Å². The Morgan fingerprint density at radius 1 is 1.29 bits per heavy atom. The van der Waals surface area contributed by atoms with Crippen molar-refractivity contribution in [2.75, 3.05) is 6.61 Å². The van der Waals surface area contributed by atoms with E-state index in [2.05, 4.69) is 9.71 Å². The summed E-state index contributed by atoms with van der Waals surface area (Å²) in [6.07, 6.45) is 3.75. The van der Waals surface area contributed by atoms with E-state index in [1.165, 1.54) is 0 Å². The molecule has 1 fully saturated rings. The fraction of sp³-hybridized carbons (Fsp3) is 0.643. The zero-order valence-electron chi connectivity index (χ0n) is 12.7.